The second kappa shape index (κ2) is 6.04. The van der Waals surface area contributed by atoms with Crippen LogP contribution in [0.3, 0.4) is 0 Å². The van der Waals surface area contributed by atoms with Gasteiger partial charge in [-0.1, -0.05) is 29.3 Å². The summed E-state index contributed by atoms with van der Waals surface area (Å²) in [7, 11) is 0. The SMILES string of the molecule is Cc1cscc1C(Cc1ccc(Cl)c(Cl)c1)NN. The van der Waals surface area contributed by atoms with Gasteiger partial charge in [0, 0.05) is 0 Å². The minimum absolute atomic E-state index is 0.0912. The highest BCUT2D eigenvalue weighted by Gasteiger charge is 2.14. The maximum absolute atomic E-state index is 6.02. The number of nitrogens with two attached hydrogens (primary N) is 1. The van der Waals surface area contributed by atoms with Gasteiger partial charge in [-0.05, 0) is 52.9 Å². The molecule has 0 bridgehead atoms. The molecule has 1 aromatic carbocycles. The van der Waals surface area contributed by atoms with Gasteiger partial charge < -0.3 is 0 Å². The van der Waals surface area contributed by atoms with E-state index in [2.05, 4.69) is 23.1 Å². The van der Waals surface area contributed by atoms with Gasteiger partial charge in [-0.25, -0.2) is 0 Å². The minimum atomic E-state index is 0.0912. The Labute approximate surface area is 121 Å². The Morgan fingerprint density at radius 2 is 2.06 bits per heavy atom. The number of rotatable bonds is 4. The van der Waals surface area contributed by atoms with Crippen LogP contribution in [0.4, 0.5) is 0 Å². The Morgan fingerprint density at radius 1 is 1.28 bits per heavy atom. The largest absolute Gasteiger partial charge is 0.271 e. The normalized spacial score (nSPS) is 12.7. The predicted molar refractivity (Wildman–Crippen MR) is 79.3 cm³/mol. The maximum Gasteiger partial charge on any atom is 0.0595 e. The lowest BCUT2D eigenvalue weighted by atomic mass is 9.99. The summed E-state index contributed by atoms with van der Waals surface area (Å²) >= 11 is 13.6. The van der Waals surface area contributed by atoms with E-state index in [-0.39, 0.29) is 6.04 Å². The Kier molecular flexibility index (Phi) is 4.65. The molecule has 2 rings (SSSR count). The highest BCUT2D eigenvalue weighted by molar-refractivity contribution is 7.08. The Bertz CT molecular complexity index is 540. The van der Waals surface area contributed by atoms with E-state index in [1.54, 1.807) is 11.3 Å². The Hall–Kier alpha value is -0.580. The van der Waals surface area contributed by atoms with Gasteiger partial charge in [0.1, 0.15) is 0 Å². The molecule has 5 heteroatoms. The van der Waals surface area contributed by atoms with Crippen molar-refractivity contribution in [2.24, 2.45) is 5.84 Å². The number of hydrogen-bond donors (Lipinski definition) is 2. The van der Waals surface area contributed by atoms with Crippen LogP contribution < -0.4 is 11.3 Å². The minimum Gasteiger partial charge on any atom is -0.271 e. The standard InChI is InChI=1S/C13H14Cl2N2S/c1-8-6-18-7-10(8)13(17-16)5-9-2-3-11(14)12(15)4-9/h2-4,6-7,13,17H,5,16H2,1H3. The summed E-state index contributed by atoms with van der Waals surface area (Å²) in [5.74, 6) is 5.64. The van der Waals surface area contributed by atoms with Gasteiger partial charge >= 0.3 is 0 Å². The lowest BCUT2D eigenvalue weighted by Gasteiger charge is -2.16. The van der Waals surface area contributed by atoms with Crippen molar-refractivity contribution in [3.8, 4) is 0 Å². The van der Waals surface area contributed by atoms with Crippen molar-refractivity contribution in [1.82, 2.24) is 5.43 Å². The molecule has 0 radical (unpaired) electrons. The molecule has 2 nitrogen and oxygen atoms in total. The molecule has 1 unspecified atom stereocenters. The summed E-state index contributed by atoms with van der Waals surface area (Å²) in [5, 5.41) is 5.39. The molecule has 0 aliphatic carbocycles. The van der Waals surface area contributed by atoms with Gasteiger partial charge in [0.05, 0.1) is 16.1 Å². The average Bonchev–Trinajstić information content (AvgIpc) is 2.77. The van der Waals surface area contributed by atoms with Gasteiger partial charge in [-0.2, -0.15) is 11.3 Å². The summed E-state index contributed by atoms with van der Waals surface area (Å²) < 4.78 is 0. The molecule has 0 aliphatic rings. The molecule has 1 atom stereocenters. The number of aryl methyl sites for hydroxylation is 1. The highest BCUT2D eigenvalue weighted by Crippen LogP contribution is 2.27. The number of nitrogens with one attached hydrogen (secondary N) is 1. The first-order valence-electron chi connectivity index (χ1n) is 5.54. The molecule has 0 aliphatic heterocycles. The van der Waals surface area contributed by atoms with E-state index in [1.165, 1.54) is 11.1 Å². The second-order valence-electron chi connectivity index (χ2n) is 4.18. The fraction of sp³-hybridized carbons (Fsp3) is 0.231. The first-order valence-corrected chi connectivity index (χ1v) is 7.24. The summed E-state index contributed by atoms with van der Waals surface area (Å²) in [6, 6.07) is 5.76. The second-order valence-corrected chi connectivity index (χ2v) is 5.74. The molecule has 0 amide bonds. The van der Waals surface area contributed by atoms with Crippen molar-refractivity contribution >= 4 is 34.5 Å². The lowest BCUT2D eigenvalue weighted by Crippen LogP contribution is -2.29. The zero-order valence-corrected chi connectivity index (χ0v) is 12.2. The van der Waals surface area contributed by atoms with Gasteiger partial charge in [0.15, 0.2) is 0 Å². The maximum atomic E-state index is 6.02. The van der Waals surface area contributed by atoms with Crippen LogP contribution in [-0.2, 0) is 6.42 Å². The molecule has 0 saturated heterocycles. The lowest BCUT2D eigenvalue weighted by molar-refractivity contribution is 0.551. The molecule has 1 aromatic heterocycles. The van der Waals surface area contributed by atoms with Crippen LogP contribution in [0, 0.1) is 6.92 Å². The van der Waals surface area contributed by atoms with Crippen LogP contribution in [0.2, 0.25) is 10.0 Å². The van der Waals surface area contributed by atoms with Crippen LogP contribution in [0.1, 0.15) is 22.7 Å². The summed E-state index contributed by atoms with van der Waals surface area (Å²) in [5.41, 5.74) is 6.45. The van der Waals surface area contributed by atoms with Crippen LogP contribution in [-0.4, -0.2) is 0 Å². The molecule has 96 valence electrons. The smallest absolute Gasteiger partial charge is 0.0595 e. The fourth-order valence-corrected chi connectivity index (χ4v) is 3.11. The number of halogens is 2. The summed E-state index contributed by atoms with van der Waals surface area (Å²) in [6.45, 7) is 2.09. The molecule has 0 saturated carbocycles. The number of thiophene rings is 1. The van der Waals surface area contributed by atoms with Crippen molar-refractivity contribution in [2.75, 3.05) is 0 Å². The van der Waals surface area contributed by atoms with Gasteiger partial charge in [0.2, 0.25) is 0 Å². The third kappa shape index (κ3) is 3.05. The van der Waals surface area contributed by atoms with Gasteiger partial charge in [0.25, 0.3) is 0 Å². The number of hydrazine groups is 1. The highest BCUT2D eigenvalue weighted by atomic mass is 35.5. The first-order chi connectivity index (χ1) is 8.61. The van der Waals surface area contributed by atoms with Crippen LogP contribution in [0.15, 0.2) is 29.0 Å². The Balaban J connectivity index is 2.20. The molecule has 1 heterocycles. The number of benzene rings is 1. The molecule has 3 N–H and O–H groups in total. The summed E-state index contributed by atoms with van der Waals surface area (Å²) in [6.07, 6.45) is 0.783. The van der Waals surface area contributed by atoms with E-state index in [1.807, 2.05) is 18.2 Å². The molecular weight excluding hydrogens is 287 g/mol. The molecule has 2 aromatic rings. The van der Waals surface area contributed by atoms with Crippen LogP contribution >= 0.6 is 34.5 Å². The monoisotopic (exact) mass is 300 g/mol. The molecular formula is C13H14Cl2N2S. The third-order valence-electron chi connectivity index (χ3n) is 2.90. The van der Waals surface area contributed by atoms with E-state index >= 15 is 0 Å². The zero-order chi connectivity index (χ0) is 13.1. The topological polar surface area (TPSA) is 38.0 Å². The van der Waals surface area contributed by atoms with E-state index in [0.29, 0.717) is 10.0 Å². The van der Waals surface area contributed by atoms with Gasteiger partial charge in [-0.3, -0.25) is 11.3 Å². The van der Waals surface area contributed by atoms with Crippen molar-refractivity contribution in [3.63, 3.8) is 0 Å². The molecule has 0 fully saturated rings. The van der Waals surface area contributed by atoms with Crippen LogP contribution in [0.25, 0.3) is 0 Å². The average molecular weight is 301 g/mol. The van der Waals surface area contributed by atoms with E-state index < -0.39 is 0 Å². The molecule has 18 heavy (non-hydrogen) atoms. The summed E-state index contributed by atoms with van der Waals surface area (Å²) in [4.78, 5) is 0. The van der Waals surface area contributed by atoms with Gasteiger partial charge in [-0.15, -0.1) is 0 Å². The van der Waals surface area contributed by atoms with E-state index in [9.17, 15) is 0 Å². The van der Waals surface area contributed by atoms with Crippen molar-refractivity contribution < 1.29 is 0 Å². The van der Waals surface area contributed by atoms with Crippen molar-refractivity contribution in [2.45, 2.75) is 19.4 Å². The van der Waals surface area contributed by atoms with Crippen molar-refractivity contribution in [3.05, 3.63) is 55.7 Å². The van der Waals surface area contributed by atoms with E-state index in [0.717, 1.165) is 12.0 Å². The van der Waals surface area contributed by atoms with Crippen LogP contribution in [0.5, 0.6) is 0 Å². The Morgan fingerprint density at radius 3 is 2.61 bits per heavy atom. The predicted octanol–water partition coefficient (Wildman–Crippen LogP) is 4.11. The fourth-order valence-electron chi connectivity index (χ4n) is 1.89. The zero-order valence-electron chi connectivity index (χ0n) is 9.91. The quantitative estimate of drug-likeness (QED) is 0.659. The third-order valence-corrected chi connectivity index (χ3v) is 4.51. The van der Waals surface area contributed by atoms with E-state index in [4.69, 9.17) is 29.0 Å². The molecule has 0 spiro atoms. The van der Waals surface area contributed by atoms with Crippen molar-refractivity contribution in [1.29, 1.82) is 0 Å². The number of hydrogen-bond acceptors (Lipinski definition) is 3. The first kappa shape index (κ1) is 13.8.